The van der Waals surface area contributed by atoms with Gasteiger partial charge in [-0.1, -0.05) is 30.3 Å². The molecule has 7 heteroatoms. The first kappa shape index (κ1) is 16.8. The van der Waals surface area contributed by atoms with Crippen molar-refractivity contribution in [3.63, 3.8) is 0 Å². The summed E-state index contributed by atoms with van der Waals surface area (Å²) in [7, 11) is 0. The molecule has 0 saturated carbocycles. The molecular formula is C19H16N4OS2. The number of thiazole rings is 1. The van der Waals surface area contributed by atoms with E-state index in [4.69, 9.17) is 0 Å². The monoisotopic (exact) mass is 380 g/mol. The van der Waals surface area contributed by atoms with Gasteiger partial charge in [0, 0.05) is 22.0 Å². The number of aryl methyl sites for hydroxylation is 3. The average molecular weight is 380 g/mol. The lowest BCUT2D eigenvalue weighted by Gasteiger charge is -2.01. The minimum absolute atomic E-state index is 0.156. The summed E-state index contributed by atoms with van der Waals surface area (Å²) in [5, 5.41) is 6.42. The summed E-state index contributed by atoms with van der Waals surface area (Å²) in [4.78, 5) is 27.7. The second-order valence-corrected chi connectivity index (χ2v) is 7.81. The molecule has 5 nitrogen and oxygen atoms in total. The molecule has 130 valence electrons. The highest BCUT2D eigenvalue weighted by atomic mass is 32.1. The number of nitrogens with one attached hydrogen (secondary N) is 1. The van der Waals surface area contributed by atoms with Crippen molar-refractivity contribution >= 4 is 43.9 Å². The van der Waals surface area contributed by atoms with Gasteiger partial charge in [-0.3, -0.25) is 10.1 Å². The number of hydrogen-bond donors (Lipinski definition) is 1. The summed E-state index contributed by atoms with van der Waals surface area (Å²) < 4.78 is 0. The van der Waals surface area contributed by atoms with Gasteiger partial charge in [-0.2, -0.15) is 0 Å². The molecule has 26 heavy (non-hydrogen) atoms. The van der Waals surface area contributed by atoms with Gasteiger partial charge < -0.3 is 0 Å². The first-order chi connectivity index (χ1) is 12.5. The summed E-state index contributed by atoms with van der Waals surface area (Å²) in [6.45, 7) is 5.75. The standard InChI is InChI=1S/C19H16N4OS2/c1-10-15-11(2)20-12(3)21-18(15)26-16(10)17(24)23-19-22-14(9-25-19)13-7-5-4-6-8-13/h4-9H,1-3H3,(H,22,23,24). The van der Waals surface area contributed by atoms with Crippen LogP contribution in [0.5, 0.6) is 0 Å². The molecule has 0 spiro atoms. The quantitative estimate of drug-likeness (QED) is 0.543. The van der Waals surface area contributed by atoms with Crippen LogP contribution in [-0.2, 0) is 0 Å². The summed E-state index contributed by atoms with van der Waals surface area (Å²) in [6, 6.07) is 9.91. The van der Waals surface area contributed by atoms with Crippen LogP contribution in [0.2, 0.25) is 0 Å². The molecule has 0 aliphatic heterocycles. The zero-order chi connectivity index (χ0) is 18.3. The molecule has 0 unspecified atom stereocenters. The number of nitrogens with zero attached hydrogens (tertiary/aromatic N) is 3. The van der Waals surface area contributed by atoms with E-state index in [0.29, 0.717) is 10.0 Å². The number of rotatable bonds is 3. The smallest absolute Gasteiger partial charge is 0.267 e. The van der Waals surface area contributed by atoms with Crippen molar-refractivity contribution in [3.05, 3.63) is 57.7 Å². The molecule has 3 heterocycles. The molecular weight excluding hydrogens is 364 g/mol. The van der Waals surface area contributed by atoms with Gasteiger partial charge in [0.15, 0.2) is 5.13 Å². The van der Waals surface area contributed by atoms with Crippen LogP contribution >= 0.6 is 22.7 Å². The summed E-state index contributed by atoms with van der Waals surface area (Å²) in [6.07, 6.45) is 0. The highest BCUT2D eigenvalue weighted by Crippen LogP contribution is 2.32. The van der Waals surface area contributed by atoms with Crippen molar-refractivity contribution in [2.75, 3.05) is 5.32 Å². The largest absolute Gasteiger partial charge is 0.297 e. The van der Waals surface area contributed by atoms with Gasteiger partial charge in [0.05, 0.1) is 10.6 Å². The first-order valence-corrected chi connectivity index (χ1v) is 9.79. The number of thiophene rings is 1. The molecule has 0 aliphatic rings. The van der Waals surface area contributed by atoms with E-state index in [9.17, 15) is 4.79 Å². The number of amides is 1. The van der Waals surface area contributed by atoms with Crippen molar-refractivity contribution in [1.29, 1.82) is 0 Å². The summed E-state index contributed by atoms with van der Waals surface area (Å²) >= 11 is 2.82. The molecule has 0 atom stereocenters. The maximum Gasteiger partial charge on any atom is 0.267 e. The molecule has 1 aromatic carbocycles. The minimum Gasteiger partial charge on any atom is -0.297 e. The van der Waals surface area contributed by atoms with E-state index in [2.05, 4.69) is 20.3 Å². The van der Waals surface area contributed by atoms with Crippen LogP contribution < -0.4 is 5.32 Å². The number of fused-ring (bicyclic) bond motifs is 1. The Hall–Kier alpha value is -2.64. The van der Waals surface area contributed by atoms with Crippen molar-refractivity contribution in [1.82, 2.24) is 15.0 Å². The van der Waals surface area contributed by atoms with Crippen LogP contribution in [0.25, 0.3) is 21.5 Å². The van der Waals surface area contributed by atoms with E-state index in [0.717, 1.165) is 38.6 Å². The third-order valence-electron chi connectivity index (χ3n) is 4.08. The number of aromatic nitrogens is 3. The fraction of sp³-hybridized carbons (Fsp3) is 0.158. The van der Waals surface area contributed by atoms with Crippen LogP contribution in [0.1, 0.15) is 26.8 Å². The number of carbonyl (C=O) groups excluding carboxylic acids is 1. The predicted molar refractivity (Wildman–Crippen MR) is 107 cm³/mol. The molecule has 0 aliphatic carbocycles. The maximum absolute atomic E-state index is 12.8. The molecule has 4 rings (SSSR count). The van der Waals surface area contributed by atoms with Crippen LogP contribution in [0, 0.1) is 20.8 Å². The van der Waals surface area contributed by atoms with Gasteiger partial charge in [-0.15, -0.1) is 22.7 Å². The lowest BCUT2D eigenvalue weighted by atomic mass is 10.1. The van der Waals surface area contributed by atoms with E-state index < -0.39 is 0 Å². The summed E-state index contributed by atoms with van der Waals surface area (Å²) in [5.41, 5.74) is 3.71. The normalized spacial score (nSPS) is 11.0. The Labute approximate surface area is 158 Å². The Morgan fingerprint density at radius 2 is 1.81 bits per heavy atom. The fourth-order valence-electron chi connectivity index (χ4n) is 2.92. The minimum atomic E-state index is -0.156. The SMILES string of the molecule is Cc1nc(C)c2c(C)c(C(=O)Nc3nc(-c4ccccc4)cs3)sc2n1. The number of anilines is 1. The van der Waals surface area contributed by atoms with E-state index in [1.165, 1.54) is 22.7 Å². The van der Waals surface area contributed by atoms with Gasteiger partial charge in [-0.05, 0) is 26.3 Å². The Kier molecular flexibility index (Phi) is 4.26. The number of hydrogen-bond acceptors (Lipinski definition) is 6. The van der Waals surface area contributed by atoms with Gasteiger partial charge >= 0.3 is 0 Å². The van der Waals surface area contributed by atoms with E-state index in [1.54, 1.807) is 0 Å². The number of carbonyl (C=O) groups is 1. The third-order valence-corrected chi connectivity index (χ3v) is 6.03. The first-order valence-electron chi connectivity index (χ1n) is 8.09. The van der Waals surface area contributed by atoms with Crippen molar-refractivity contribution < 1.29 is 4.79 Å². The molecule has 1 N–H and O–H groups in total. The second-order valence-electron chi connectivity index (χ2n) is 5.95. The molecule has 0 bridgehead atoms. The lowest BCUT2D eigenvalue weighted by molar-refractivity contribution is 0.103. The van der Waals surface area contributed by atoms with Crippen molar-refractivity contribution in [2.45, 2.75) is 20.8 Å². The maximum atomic E-state index is 12.8. The molecule has 1 amide bonds. The highest BCUT2D eigenvalue weighted by Gasteiger charge is 2.19. The average Bonchev–Trinajstić information content (AvgIpc) is 3.20. The van der Waals surface area contributed by atoms with Crippen LogP contribution in [0.15, 0.2) is 35.7 Å². The van der Waals surface area contributed by atoms with Gasteiger partial charge in [0.1, 0.15) is 10.7 Å². The molecule has 0 fully saturated rings. The lowest BCUT2D eigenvalue weighted by Crippen LogP contribution is -2.11. The van der Waals surface area contributed by atoms with E-state index >= 15 is 0 Å². The molecule has 0 saturated heterocycles. The van der Waals surface area contributed by atoms with Crippen molar-refractivity contribution in [2.24, 2.45) is 0 Å². The predicted octanol–water partition coefficient (Wildman–Crippen LogP) is 4.99. The van der Waals surface area contributed by atoms with Crippen LogP contribution in [0.4, 0.5) is 5.13 Å². The Morgan fingerprint density at radius 1 is 1.04 bits per heavy atom. The zero-order valence-corrected chi connectivity index (χ0v) is 16.2. The van der Waals surface area contributed by atoms with E-state index in [-0.39, 0.29) is 5.91 Å². The topological polar surface area (TPSA) is 67.8 Å². The fourth-order valence-corrected chi connectivity index (χ4v) is 4.80. The third kappa shape index (κ3) is 3.00. The van der Waals surface area contributed by atoms with Crippen LogP contribution in [0.3, 0.4) is 0 Å². The van der Waals surface area contributed by atoms with E-state index in [1.807, 2.05) is 56.5 Å². The van der Waals surface area contributed by atoms with Gasteiger partial charge in [-0.25, -0.2) is 15.0 Å². The highest BCUT2D eigenvalue weighted by molar-refractivity contribution is 7.21. The Bertz CT molecular complexity index is 1120. The van der Waals surface area contributed by atoms with Crippen molar-refractivity contribution in [3.8, 4) is 11.3 Å². The van der Waals surface area contributed by atoms with Gasteiger partial charge in [0.2, 0.25) is 0 Å². The van der Waals surface area contributed by atoms with Gasteiger partial charge in [0.25, 0.3) is 5.91 Å². The second kappa shape index (κ2) is 6.59. The zero-order valence-electron chi connectivity index (χ0n) is 14.5. The van der Waals surface area contributed by atoms with Crippen LogP contribution in [-0.4, -0.2) is 20.9 Å². The number of benzene rings is 1. The molecule has 4 aromatic rings. The molecule has 3 aromatic heterocycles. The molecule has 0 radical (unpaired) electrons. The Balaban J connectivity index is 1.63. The summed E-state index contributed by atoms with van der Waals surface area (Å²) in [5.74, 6) is 0.562. The Morgan fingerprint density at radius 3 is 2.58 bits per heavy atom.